The van der Waals surface area contributed by atoms with Crippen molar-refractivity contribution in [2.75, 3.05) is 0 Å². The van der Waals surface area contributed by atoms with Crippen LogP contribution in [0.3, 0.4) is 0 Å². The second-order valence-corrected chi connectivity index (χ2v) is 15.0. The zero-order valence-electron chi connectivity index (χ0n) is 30.1. The van der Waals surface area contributed by atoms with Crippen molar-refractivity contribution < 1.29 is 0 Å². The summed E-state index contributed by atoms with van der Waals surface area (Å²) in [5, 5.41) is 13.1. The van der Waals surface area contributed by atoms with E-state index in [1.165, 1.54) is 70.8 Å². The highest BCUT2D eigenvalue weighted by molar-refractivity contribution is 6.34. The molecule has 0 fully saturated rings. The number of fused-ring (bicyclic) bond motifs is 14. The summed E-state index contributed by atoms with van der Waals surface area (Å²) in [5.74, 6) is 0.663. The van der Waals surface area contributed by atoms with Gasteiger partial charge in [0.2, 0.25) is 5.95 Å². The van der Waals surface area contributed by atoms with Gasteiger partial charge < -0.3 is 4.40 Å². The first-order valence-corrected chi connectivity index (χ1v) is 19.2. The molecule has 0 bridgehead atoms. The lowest BCUT2D eigenvalue weighted by Gasteiger charge is -2.14. The van der Waals surface area contributed by atoms with E-state index < -0.39 is 0 Å². The van der Waals surface area contributed by atoms with Crippen molar-refractivity contribution in [3.63, 3.8) is 0 Å². The van der Waals surface area contributed by atoms with Crippen molar-refractivity contribution in [2.45, 2.75) is 0 Å². The van der Waals surface area contributed by atoms with Gasteiger partial charge in [-0.05, 0) is 63.7 Å². The fourth-order valence-electron chi connectivity index (χ4n) is 9.52. The van der Waals surface area contributed by atoms with Gasteiger partial charge in [-0.15, -0.1) is 0 Å². The minimum Gasteiger partial charge on any atom is -0.308 e. The van der Waals surface area contributed by atoms with Gasteiger partial charge in [0.05, 0.1) is 38.8 Å². The van der Waals surface area contributed by atoms with E-state index in [2.05, 4.69) is 191 Å². The number of nitrogens with zero attached hydrogens (tertiary/aromatic N) is 4. The predicted octanol–water partition coefficient (Wildman–Crippen LogP) is 13.5. The van der Waals surface area contributed by atoms with Crippen LogP contribution in [0.4, 0.5) is 0 Å². The molecule has 0 aliphatic carbocycles. The van der Waals surface area contributed by atoms with E-state index in [9.17, 15) is 0 Å². The number of rotatable bonds is 3. The predicted molar refractivity (Wildman–Crippen MR) is 234 cm³/mol. The molecule has 258 valence electrons. The molecule has 13 rings (SSSR count). The average molecular weight is 711 g/mol. The molecule has 0 aliphatic heterocycles. The Bertz CT molecular complexity index is 3740. The molecule has 13 aromatic rings. The van der Waals surface area contributed by atoms with E-state index in [1.807, 2.05) is 0 Å². The van der Waals surface area contributed by atoms with E-state index in [1.54, 1.807) is 0 Å². The fourth-order valence-corrected chi connectivity index (χ4v) is 9.52. The van der Waals surface area contributed by atoms with Gasteiger partial charge in [0.1, 0.15) is 0 Å². The molecule has 0 unspecified atom stereocenters. The molecule has 9 aromatic carbocycles. The number of hydrogen-bond donors (Lipinski definition) is 0. The highest BCUT2D eigenvalue weighted by Gasteiger charge is 2.26. The highest BCUT2D eigenvalue weighted by atomic mass is 15.2. The molecule has 0 radical (unpaired) electrons. The van der Waals surface area contributed by atoms with Crippen LogP contribution >= 0.6 is 0 Å². The van der Waals surface area contributed by atoms with Gasteiger partial charge in [0, 0.05) is 48.7 Å². The van der Waals surface area contributed by atoms with Gasteiger partial charge in [0.25, 0.3) is 0 Å². The molecule has 0 N–H and O–H groups in total. The smallest absolute Gasteiger partial charge is 0.235 e. The molecule has 0 spiro atoms. The lowest BCUT2D eigenvalue weighted by atomic mass is 9.99. The number of para-hydroxylation sites is 2. The first-order chi connectivity index (χ1) is 27.8. The Kier molecular flexibility index (Phi) is 5.86. The first kappa shape index (κ1) is 29.8. The molecule has 0 atom stereocenters. The van der Waals surface area contributed by atoms with E-state index in [0.717, 1.165) is 44.0 Å². The normalized spacial score (nSPS) is 12.3. The molecule has 4 heteroatoms. The van der Waals surface area contributed by atoms with Crippen molar-refractivity contribution in [1.82, 2.24) is 18.9 Å². The van der Waals surface area contributed by atoms with E-state index in [0.29, 0.717) is 5.95 Å². The van der Waals surface area contributed by atoms with Crippen LogP contribution in [0.5, 0.6) is 0 Å². The Labute approximate surface area is 320 Å². The molecule has 56 heavy (non-hydrogen) atoms. The third kappa shape index (κ3) is 3.97. The standard InChI is InChI=1S/C52H30N4/c1-2-12-31(13-3-1)32-22-24-34(25-23-32)48-40-27-26-33-14-6-7-17-37(33)49(40)54-52(53-48)56-44-20-10-8-18-38(44)42-30-43-41-28-35-15-4-5-16-36(35)29-46(41)55-45-21-11-9-19-39(45)47(50(43)55)51(42)56/h1-30H. The monoisotopic (exact) mass is 710 g/mol. The second kappa shape index (κ2) is 11.0. The summed E-state index contributed by atoms with van der Waals surface area (Å²) < 4.78 is 4.82. The largest absolute Gasteiger partial charge is 0.308 e. The van der Waals surface area contributed by atoms with Crippen LogP contribution in [0.2, 0.25) is 0 Å². The van der Waals surface area contributed by atoms with Gasteiger partial charge >= 0.3 is 0 Å². The van der Waals surface area contributed by atoms with Crippen LogP contribution < -0.4 is 0 Å². The zero-order valence-corrected chi connectivity index (χ0v) is 30.1. The Hall–Kier alpha value is -7.56. The average Bonchev–Trinajstić information content (AvgIpc) is 3.90. The highest BCUT2D eigenvalue weighted by Crippen LogP contribution is 2.47. The minimum absolute atomic E-state index is 0.663. The quantitative estimate of drug-likeness (QED) is 0.171. The fraction of sp³-hybridized carbons (Fsp3) is 0. The third-order valence-electron chi connectivity index (χ3n) is 12.0. The first-order valence-electron chi connectivity index (χ1n) is 19.2. The summed E-state index contributed by atoms with van der Waals surface area (Å²) in [6.45, 7) is 0. The summed E-state index contributed by atoms with van der Waals surface area (Å²) in [4.78, 5) is 11.1. The van der Waals surface area contributed by atoms with Crippen LogP contribution in [-0.4, -0.2) is 18.9 Å². The van der Waals surface area contributed by atoms with Crippen LogP contribution in [0.1, 0.15) is 0 Å². The molecule has 0 aliphatic rings. The van der Waals surface area contributed by atoms with Crippen molar-refractivity contribution >= 4 is 92.3 Å². The minimum atomic E-state index is 0.663. The van der Waals surface area contributed by atoms with Gasteiger partial charge in [-0.2, -0.15) is 0 Å². The Balaban J connectivity index is 1.19. The molecular weight excluding hydrogens is 681 g/mol. The van der Waals surface area contributed by atoms with Crippen LogP contribution in [0, 0.1) is 0 Å². The van der Waals surface area contributed by atoms with Crippen molar-refractivity contribution in [3.8, 4) is 28.3 Å². The van der Waals surface area contributed by atoms with Gasteiger partial charge in [0.15, 0.2) is 0 Å². The lowest BCUT2D eigenvalue weighted by Crippen LogP contribution is -2.04. The molecular formula is C52H30N4. The van der Waals surface area contributed by atoms with E-state index >= 15 is 0 Å². The van der Waals surface area contributed by atoms with Gasteiger partial charge in [-0.1, -0.05) is 146 Å². The van der Waals surface area contributed by atoms with Crippen LogP contribution in [-0.2, 0) is 0 Å². The van der Waals surface area contributed by atoms with E-state index in [-0.39, 0.29) is 0 Å². The third-order valence-corrected chi connectivity index (χ3v) is 12.0. The molecule has 4 aromatic heterocycles. The summed E-state index contributed by atoms with van der Waals surface area (Å²) in [6, 6.07) is 65.8. The zero-order chi connectivity index (χ0) is 36.5. The summed E-state index contributed by atoms with van der Waals surface area (Å²) in [5.41, 5.74) is 11.2. The molecule has 0 saturated carbocycles. The van der Waals surface area contributed by atoms with Crippen molar-refractivity contribution in [3.05, 3.63) is 182 Å². The maximum absolute atomic E-state index is 5.58. The maximum atomic E-state index is 5.58. The maximum Gasteiger partial charge on any atom is 0.235 e. The molecule has 0 amide bonds. The molecule has 0 saturated heterocycles. The second-order valence-electron chi connectivity index (χ2n) is 15.0. The summed E-state index contributed by atoms with van der Waals surface area (Å²) in [6.07, 6.45) is 0. The van der Waals surface area contributed by atoms with Gasteiger partial charge in [-0.25, -0.2) is 9.97 Å². The number of benzene rings is 9. The van der Waals surface area contributed by atoms with E-state index in [4.69, 9.17) is 9.97 Å². The Morgan fingerprint density at radius 3 is 1.79 bits per heavy atom. The van der Waals surface area contributed by atoms with Crippen molar-refractivity contribution in [1.29, 1.82) is 0 Å². The summed E-state index contributed by atoms with van der Waals surface area (Å²) in [7, 11) is 0. The van der Waals surface area contributed by atoms with Crippen LogP contribution in [0.15, 0.2) is 182 Å². The van der Waals surface area contributed by atoms with Crippen molar-refractivity contribution in [2.24, 2.45) is 0 Å². The molecule has 4 nitrogen and oxygen atoms in total. The molecule has 4 heterocycles. The number of hydrogen-bond acceptors (Lipinski definition) is 2. The lowest BCUT2D eigenvalue weighted by molar-refractivity contribution is 1.02. The summed E-state index contributed by atoms with van der Waals surface area (Å²) >= 11 is 0. The SMILES string of the molecule is c1ccc(-c2ccc(-c3nc(-n4c5ccccc5c5cc6c7cc8ccccc8cc7n7c8ccccc8c(c54)c67)nc4c3ccc3ccccc34)cc2)cc1. The Morgan fingerprint density at radius 2 is 0.964 bits per heavy atom. The number of aromatic nitrogens is 4. The Morgan fingerprint density at radius 1 is 0.339 bits per heavy atom. The topological polar surface area (TPSA) is 35.1 Å². The van der Waals surface area contributed by atoms with Crippen LogP contribution in [0.25, 0.3) is 121 Å². The van der Waals surface area contributed by atoms with Gasteiger partial charge in [-0.3, -0.25) is 4.57 Å².